The molecule has 0 aromatic heterocycles. The third kappa shape index (κ3) is 5.94. The van der Waals surface area contributed by atoms with Crippen LogP contribution in [0.5, 0.6) is 0 Å². The first-order valence-corrected chi connectivity index (χ1v) is 4.94. The number of carboxylic acids is 1. The lowest BCUT2D eigenvalue weighted by molar-refractivity contribution is -0.903. The number of carbonyl (C=O) groups excluding carboxylic acids is 1. The predicted octanol–water partition coefficient (Wildman–Crippen LogP) is -0.636. The number of rotatable bonds is 6. The second-order valence-corrected chi connectivity index (χ2v) is 4.75. The van der Waals surface area contributed by atoms with Crippen molar-refractivity contribution in [3.8, 4) is 0 Å². The average Bonchev–Trinajstić information content (AvgIpc) is 1.99. The van der Waals surface area contributed by atoms with E-state index in [2.05, 4.69) is 0 Å². The van der Waals surface area contributed by atoms with E-state index in [0.29, 0.717) is 17.4 Å². The van der Waals surface area contributed by atoms with Gasteiger partial charge in [-0.15, -0.1) is 0 Å². The molecule has 0 saturated carbocycles. The molecule has 0 aliphatic rings. The van der Waals surface area contributed by atoms with Gasteiger partial charge in [0.1, 0.15) is 6.54 Å². The van der Waals surface area contributed by atoms with Gasteiger partial charge in [0.05, 0.1) is 31.7 Å². The summed E-state index contributed by atoms with van der Waals surface area (Å²) >= 11 is 0. The molecule has 4 nitrogen and oxygen atoms in total. The first-order chi connectivity index (χ1) is 6.18. The first-order valence-electron chi connectivity index (χ1n) is 4.94. The number of carbonyl (C=O) groups is 1. The van der Waals surface area contributed by atoms with Gasteiger partial charge in [0.25, 0.3) is 0 Å². The van der Waals surface area contributed by atoms with Crippen LogP contribution in [0.1, 0.15) is 27.2 Å². The van der Waals surface area contributed by atoms with Gasteiger partial charge < -0.3 is 19.5 Å². The summed E-state index contributed by atoms with van der Waals surface area (Å²) in [4.78, 5) is 10.5. The quantitative estimate of drug-likeness (QED) is 0.584. The summed E-state index contributed by atoms with van der Waals surface area (Å²) in [6.07, 6.45) is 0.588. The van der Waals surface area contributed by atoms with Crippen molar-refractivity contribution in [3.63, 3.8) is 0 Å². The first kappa shape index (κ1) is 13.4. The highest BCUT2D eigenvalue weighted by Gasteiger charge is 2.23. The van der Waals surface area contributed by atoms with E-state index in [1.807, 2.05) is 14.0 Å². The topological polar surface area (TPSA) is 60.4 Å². The Hall–Kier alpha value is -0.610. The number of hydrogen-bond acceptors (Lipinski definition) is 3. The summed E-state index contributed by atoms with van der Waals surface area (Å²) in [5.74, 6) is -1.04. The molecule has 0 heterocycles. The minimum absolute atomic E-state index is 0.00653. The zero-order chi connectivity index (χ0) is 11.4. The molecule has 0 aromatic carbocycles. The van der Waals surface area contributed by atoms with Gasteiger partial charge in [-0.25, -0.2) is 0 Å². The summed E-state index contributed by atoms with van der Waals surface area (Å²) in [6.45, 7) is 6.77. The van der Waals surface area contributed by atoms with Crippen LogP contribution in [0.15, 0.2) is 0 Å². The van der Waals surface area contributed by atoms with E-state index in [0.717, 1.165) is 6.54 Å². The summed E-state index contributed by atoms with van der Waals surface area (Å²) < 4.78 is 0.409. The number of aliphatic hydroxyl groups is 1. The van der Waals surface area contributed by atoms with Gasteiger partial charge in [-0.05, 0) is 20.8 Å². The molecule has 1 N–H and O–H groups in total. The molecule has 1 atom stereocenters. The van der Waals surface area contributed by atoms with Crippen molar-refractivity contribution in [3.05, 3.63) is 0 Å². The number of aliphatic carboxylic acids is 1. The third-order valence-electron chi connectivity index (χ3n) is 2.54. The van der Waals surface area contributed by atoms with Crippen LogP contribution < -0.4 is 5.11 Å². The maximum Gasteiger partial charge on any atom is 0.119 e. The summed E-state index contributed by atoms with van der Waals surface area (Å²) in [7, 11) is 1.86. The fourth-order valence-electron chi connectivity index (χ4n) is 1.20. The van der Waals surface area contributed by atoms with E-state index in [4.69, 9.17) is 0 Å². The molecule has 14 heavy (non-hydrogen) atoms. The van der Waals surface area contributed by atoms with Crippen molar-refractivity contribution in [2.24, 2.45) is 0 Å². The van der Waals surface area contributed by atoms with Crippen LogP contribution in [-0.2, 0) is 4.79 Å². The number of quaternary nitrogens is 1. The maximum absolute atomic E-state index is 10.5. The molecule has 0 rings (SSSR count). The van der Waals surface area contributed by atoms with E-state index >= 15 is 0 Å². The number of nitrogens with zero attached hydrogens (tertiary/aromatic N) is 1. The highest BCUT2D eigenvalue weighted by Crippen LogP contribution is 2.12. The van der Waals surface area contributed by atoms with Crippen molar-refractivity contribution in [2.45, 2.75) is 32.8 Å². The van der Waals surface area contributed by atoms with Gasteiger partial charge in [0.2, 0.25) is 0 Å². The lowest BCUT2D eigenvalue weighted by Crippen LogP contribution is -2.52. The number of hydrogen-bond donors (Lipinski definition) is 1. The highest BCUT2D eigenvalue weighted by molar-refractivity contribution is 5.65. The van der Waals surface area contributed by atoms with Crippen molar-refractivity contribution in [2.75, 3.05) is 26.7 Å². The zero-order valence-electron chi connectivity index (χ0n) is 9.54. The van der Waals surface area contributed by atoms with Gasteiger partial charge in [-0.1, -0.05) is 0 Å². The van der Waals surface area contributed by atoms with Crippen LogP contribution in [0, 0.1) is 0 Å². The predicted molar refractivity (Wildman–Crippen MR) is 52.4 cm³/mol. The summed E-state index contributed by atoms with van der Waals surface area (Å²) in [5, 5.41) is 20.0. The SMILES string of the molecule is CC[N+](C)(CCC(C)(C)O)CC(=O)[O-]. The molecule has 0 radical (unpaired) electrons. The van der Waals surface area contributed by atoms with Crippen molar-refractivity contribution < 1.29 is 19.5 Å². The fourth-order valence-corrected chi connectivity index (χ4v) is 1.20. The van der Waals surface area contributed by atoms with Gasteiger partial charge in [-0.3, -0.25) is 0 Å². The van der Waals surface area contributed by atoms with Crippen LogP contribution in [0.25, 0.3) is 0 Å². The maximum atomic E-state index is 10.5. The Morgan fingerprint density at radius 1 is 1.50 bits per heavy atom. The van der Waals surface area contributed by atoms with E-state index in [1.54, 1.807) is 13.8 Å². The molecule has 0 aliphatic carbocycles. The molecule has 4 heteroatoms. The monoisotopic (exact) mass is 203 g/mol. The molecule has 0 aliphatic heterocycles. The van der Waals surface area contributed by atoms with Crippen LogP contribution in [0.2, 0.25) is 0 Å². The smallest absolute Gasteiger partial charge is 0.119 e. The van der Waals surface area contributed by atoms with Gasteiger partial charge in [0.15, 0.2) is 0 Å². The minimum atomic E-state index is -1.04. The Balaban J connectivity index is 4.19. The lowest BCUT2D eigenvalue weighted by atomic mass is 10.0. The molecular weight excluding hydrogens is 182 g/mol. The molecule has 0 amide bonds. The fraction of sp³-hybridized carbons (Fsp3) is 0.900. The Morgan fingerprint density at radius 3 is 2.29 bits per heavy atom. The van der Waals surface area contributed by atoms with Crippen LogP contribution in [-0.4, -0.2) is 47.8 Å². The summed E-state index contributed by atoms with van der Waals surface area (Å²) in [5.41, 5.74) is -0.736. The summed E-state index contributed by atoms with van der Waals surface area (Å²) in [6, 6.07) is 0. The lowest BCUT2D eigenvalue weighted by Gasteiger charge is -2.35. The van der Waals surface area contributed by atoms with Crippen molar-refractivity contribution in [1.82, 2.24) is 0 Å². The van der Waals surface area contributed by atoms with E-state index in [-0.39, 0.29) is 6.54 Å². The van der Waals surface area contributed by atoms with Crippen LogP contribution in [0.4, 0.5) is 0 Å². The second-order valence-electron chi connectivity index (χ2n) is 4.75. The van der Waals surface area contributed by atoms with Crippen molar-refractivity contribution >= 4 is 5.97 Å². The Kier molecular flexibility index (Phi) is 4.55. The highest BCUT2D eigenvalue weighted by atomic mass is 16.4. The Morgan fingerprint density at radius 2 is 2.00 bits per heavy atom. The standard InChI is InChI=1S/C10H21NO3/c1-5-11(4,8-9(12)13)7-6-10(2,3)14/h14H,5-8H2,1-4H3. The minimum Gasteiger partial charge on any atom is -0.544 e. The normalized spacial score (nSPS) is 16.4. The molecule has 0 spiro atoms. The third-order valence-corrected chi connectivity index (χ3v) is 2.54. The second kappa shape index (κ2) is 4.75. The number of likely N-dealkylation sites (N-methyl/N-ethyl adjacent to an activating group) is 1. The van der Waals surface area contributed by atoms with Gasteiger partial charge in [0, 0.05) is 6.42 Å². The zero-order valence-corrected chi connectivity index (χ0v) is 9.54. The molecule has 1 unspecified atom stereocenters. The van der Waals surface area contributed by atoms with Gasteiger partial charge >= 0.3 is 0 Å². The van der Waals surface area contributed by atoms with Crippen LogP contribution in [0.3, 0.4) is 0 Å². The Labute approximate surface area is 85.7 Å². The van der Waals surface area contributed by atoms with Crippen LogP contribution >= 0.6 is 0 Å². The van der Waals surface area contributed by atoms with Crippen molar-refractivity contribution in [1.29, 1.82) is 0 Å². The van der Waals surface area contributed by atoms with E-state index in [9.17, 15) is 15.0 Å². The molecule has 0 fully saturated rings. The van der Waals surface area contributed by atoms with E-state index < -0.39 is 11.6 Å². The molecule has 0 aromatic rings. The van der Waals surface area contributed by atoms with E-state index in [1.165, 1.54) is 0 Å². The largest absolute Gasteiger partial charge is 0.544 e. The number of carboxylic acid groups (broad SMARTS) is 1. The van der Waals surface area contributed by atoms with Gasteiger partial charge in [-0.2, -0.15) is 0 Å². The average molecular weight is 203 g/mol. The molecule has 84 valence electrons. The Bertz CT molecular complexity index is 198. The molecular formula is C10H21NO3. The molecule has 0 saturated heterocycles. The molecule has 0 bridgehead atoms.